The number of ketones is 1. The molecule has 5 nitrogen and oxygen atoms in total. The van der Waals surface area contributed by atoms with E-state index >= 15 is 0 Å². The number of carbonyl (C=O) groups is 1. The maximum atomic E-state index is 12.8. The van der Waals surface area contributed by atoms with Gasteiger partial charge in [-0.05, 0) is 48.4 Å². The first-order valence-electron chi connectivity index (χ1n) is 8.18. The van der Waals surface area contributed by atoms with E-state index in [1.54, 1.807) is 13.2 Å². The fraction of sp³-hybridized carbons (Fsp3) is 0.250. The average molecular weight is 338 g/mol. The van der Waals surface area contributed by atoms with Crippen LogP contribution in [0.5, 0.6) is 23.0 Å². The molecule has 0 radical (unpaired) electrons. The Morgan fingerprint density at radius 2 is 1.96 bits per heavy atom. The van der Waals surface area contributed by atoms with Crippen molar-refractivity contribution in [3.8, 4) is 23.0 Å². The quantitative estimate of drug-likeness (QED) is 0.797. The maximum Gasteiger partial charge on any atom is 0.231 e. The van der Waals surface area contributed by atoms with E-state index in [1.807, 2.05) is 37.3 Å². The molecule has 0 saturated carbocycles. The van der Waals surface area contributed by atoms with Crippen LogP contribution in [0.25, 0.3) is 6.08 Å². The van der Waals surface area contributed by atoms with Crippen LogP contribution in [-0.2, 0) is 6.42 Å². The van der Waals surface area contributed by atoms with Crippen molar-refractivity contribution < 1.29 is 23.7 Å². The fourth-order valence-corrected chi connectivity index (χ4v) is 3.17. The number of ether oxygens (including phenoxy) is 4. The molecule has 2 aromatic rings. The van der Waals surface area contributed by atoms with Crippen molar-refractivity contribution in [2.24, 2.45) is 0 Å². The first-order valence-corrected chi connectivity index (χ1v) is 8.18. The smallest absolute Gasteiger partial charge is 0.231 e. The van der Waals surface area contributed by atoms with E-state index in [0.29, 0.717) is 35.8 Å². The molecule has 0 atom stereocenters. The van der Waals surface area contributed by atoms with Gasteiger partial charge in [-0.2, -0.15) is 0 Å². The lowest BCUT2D eigenvalue weighted by Crippen LogP contribution is -1.99. The van der Waals surface area contributed by atoms with Gasteiger partial charge < -0.3 is 18.9 Å². The summed E-state index contributed by atoms with van der Waals surface area (Å²) < 4.78 is 21.7. The fourth-order valence-electron chi connectivity index (χ4n) is 3.17. The predicted molar refractivity (Wildman–Crippen MR) is 92.7 cm³/mol. The zero-order valence-electron chi connectivity index (χ0n) is 14.1. The summed E-state index contributed by atoms with van der Waals surface area (Å²) in [4.78, 5) is 12.8. The third-order valence-corrected chi connectivity index (χ3v) is 4.34. The van der Waals surface area contributed by atoms with Crippen molar-refractivity contribution in [3.05, 3.63) is 52.6 Å². The third kappa shape index (κ3) is 2.71. The van der Waals surface area contributed by atoms with Crippen LogP contribution in [0, 0.1) is 0 Å². The van der Waals surface area contributed by atoms with E-state index in [-0.39, 0.29) is 12.6 Å². The SMILES string of the molecule is CCOc1cc2c(cc1OC)C/C(=C\c1ccc3c(c1)OCO3)C2=O. The molecule has 2 aromatic carbocycles. The first kappa shape index (κ1) is 15.6. The highest BCUT2D eigenvalue weighted by Gasteiger charge is 2.27. The molecule has 1 aliphatic carbocycles. The van der Waals surface area contributed by atoms with Gasteiger partial charge in [0.05, 0.1) is 13.7 Å². The minimum Gasteiger partial charge on any atom is -0.493 e. The molecule has 0 bridgehead atoms. The Labute approximate surface area is 145 Å². The molecular formula is C20H18O5. The van der Waals surface area contributed by atoms with E-state index in [2.05, 4.69) is 0 Å². The Balaban J connectivity index is 1.68. The summed E-state index contributed by atoms with van der Waals surface area (Å²) in [6.45, 7) is 2.66. The highest BCUT2D eigenvalue weighted by Crippen LogP contribution is 2.38. The summed E-state index contributed by atoms with van der Waals surface area (Å²) in [6.07, 6.45) is 2.47. The van der Waals surface area contributed by atoms with Gasteiger partial charge in [0, 0.05) is 17.6 Å². The molecule has 0 aromatic heterocycles. The Kier molecular flexibility index (Phi) is 3.84. The number of fused-ring (bicyclic) bond motifs is 2. The Morgan fingerprint density at radius 1 is 1.12 bits per heavy atom. The first-order chi connectivity index (χ1) is 12.2. The van der Waals surface area contributed by atoms with Crippen molar-refractivity contribution in [1.29, 1.82) is 0 Å². The maximum absolute atomic E-state index is 12.8. The van der Waals surface area contributed by atoms with Crippen LogP contribution in [0.1, 0.15) is 28.4 Å². The lowest BCUT2D eigenvalue weighted by molar-refractivity contribution is 0.104. The average Bonchev–Trinajstić information content (AvgIpc) is 3.20. The second kappa shape index (κ2) is 6.16. The van der Waals surface area contributed by atoms with Crippen molar-refractivity contribution in [2.75, 3.05) is 20.5 Å². The van der Waals surface area contributed by atoms with Gasteiger partial charge >= 0.3 is 0 Å². The number of allylic oxidation sites excluding steroid dienone is 1. The second-order valence-corrected chi connectivity index (χ2v) is 5.88. The van der Waals surface area contributed by atoms with Gasteiger partial charge in [0.15, 0.2) is 28.8 Å². The minimum absolute atomic E-state index is 0.0243. The van der Waals surface area contributed by atoms with E-state index in [0.717, 1.165) is 22.4 Å². The number of Topliss-reactive ketones (excluding diaryl/α,β-unsaturated/α-hetero) is 1. The number of benzene rings is 2. The molecule has 128 valence electrons. The van der Waals surface area contributed by atoms with E-state index in [9.17, 15) is 4.79 Å². The number of hydrogen-bond donors (Lipinski definition) is 0. The van der Waals surface area contributed by atoms with Crippen LogP contribution in [0.2, 0.25) is 0 Å². The summed E-state index contributed by atoms with van der Waals surface area (Å²) in [5.74, 6) is 2.71. The Hall–Kier alpha value is -2.95. The third-order valence-electron chi connectivity index (χ3n) is 4.34. The van der Waals surface area contributed by atoms with Gasteiger partial charge in [0.25, 0.3) is 0 Å². The molecular weight excluding hydrogens is 320 g/mol. The molecule has 0 saturated heterocycles. The molecule has 4 rings (SSSR count). The van der Waals surface area contributed by atoms with Crippen molar-refractivity contribution in [3.63, 3.8) is 0 Å². The summed E-state index contributed by atoms with van der Waals surface area (Å²) in [7, 11) is 1.60. The molecule has 0 unspecified atom stereocenters. The Morgan fingerprint density at radius 3 is 2.76 bits per heavy atom. The van der Waals surface area contributed by atoms with Crippen LogP contribution < -0.4 is 18.9 Å². The van der Waals surface area contributed by atoms with Gasteiger partial charge in [0.2, 0.25) is 6.79 Å². The highest BCUT2D eigenvalue weighted by molar-refractivity contribution is 6.16. The molecule has 1 aliphatic heterocycles. The van der Waals surface area contributed by atoms with Crippen LogP contribution in [-0.4, -0.2) is 26.3 Å². The normalized spacial score (nSPS) is 16.2. The zero-order chi connectivity index (χ0) is 17.4. The monoisotopic (exact) mass is 338 g/mol. The number of methoxy groups -OCH3 is 1. The molecule has 5 heteroatoms. The topological polar surface area (TPSA) is 54.0 Å². The zero-order valence-corrected chi connectivity index (χ0v) is 14.1. The minimum atomic E-state index is 0.0243. The van der Waals surface area contributed by atoms with E-state index < -0.39 is 0 Å². The predicted octanol–water partition coefficient (Wildman–Crippen LogP) is 3.65. The van der Waals surface area contributed by atoms with Crippen LogP contribution in [0.4, 0.5) is 0 Å². The van der Waals surface area contributed by atoms with Crippen molar-refractivity contribution in [2.45, 2.75) is 13.3 Å². The van der Waals surface area contributed by atoms with Gasteiger partial charge in [-0.3, -0.25) is 4.79 Å². The second-order valence-electron chi connectivity index (χ2n) is 5.88. The van der Waals surface area contributed by atoms with Crippen LogP contribution in [0.3, 0.4) is 0 Å². The van der Waals surface area contributed by atoms with Gasteiger partial charge in [0.1, 0.15) is 0 Å². The molecule has 0 N–H and O–H groups in total. The lowest BCUT2D eigenvalue weighted by Gasteiger charge is -2.10. The standard InChI is InChI=1S/C20H18O5/c1-3-23-19-10-15-13(9-17(19)22-2)8-14(20(15)21)6-12-4-5-16-18(7-12)25-11-24-16/h4-7,9-10H,3,8,11H2,1-2H3/b14-6+. The van der Waals surface area contributed by atoms with Crippen LogP contribution >= 0.6 is 0 Å². The molecule has 0 amide bonds. The number of rotatable bonds is 4. The van der Waals surface area contributed by atoms with Crippen molar-refractivity contribution in [1.82, 2.24) is 0 Å². The molecule has 0 fully saturated rings. The summed E-state index contributed by atoms with van der Waals surface area (Å²) in [6, 6.07) is 9.33. The molecule has 2 aliphatic rings. The van der Waals surface area contributed by atoms with Gasteiger partial charge in [-0.1, -0.05) is 6.07 Å². The molecule has 0 spiro atoms. The lowest BCUT2D eigenvalue weighted by atomic mass is 10.1. The highest BCUT2D eigenvalue weighted by atomic mass is 16.7. The van der Waals surface area contributed by atoms with E-state index in [1.165, 1.54) is 0 Å². The summed E-state index contributed by atoms with van der Waals surface area (Å²) >= 11 is 0. The van der Waals surface area contributed by atoms with Gasteiger partial charge in [-0.25, -0.2) is 0 Å². The Bertz CT molecular complexity index is 882. The largest absolute Gasteiger partial charge is 0.493 e. The molecule has 1 heterocycles. The van der Waals surface area contributed by atoms with E-state index in [4.69, 9.17) is 18.9 Å². The summed E-state index contributed by atoms with van der Waals surface area (Å²) in [5.41, 5.74) is 3.29. The number of carbonyl (C=O) groups excluding carboxylic acids is 1. The van der Waals surface area contributed by atoms with Crippen molar-refractivity contribution >= 4 is 11.9 Å². The van der Waals surface area contributed by atoms with Gasteiger partial charge in [-0.15, -0.1) is 0 Å². The molecule has 25 heavy (non-hydrogen) atoms. The number of hydrogen-bond acceptors (Lipinski definition) is 5. The summed E-state index contributed by atoms with van der Waals surface area (Å²) in [5, 5.41) is 0. The van der Waals surface area contributed by atoms with Crippen LogP contribution in [0.15, 0.2) is 35.9 Å².